The number of rotatable bonds is 2. The van der Waals surface area contributed by atoms with Gasteiger partial charge in [0.2, 0.25) is 0 Å². The summed E-state index contributed by atoms with van der Waals surface area (Å²) in [6.07, 6.45) is 0.892. The number of carboxylic acid groups (broad SMARTS) is 1. The normalized spacial score (nSPS) is 31.5. The van der Waals surface area contributed by atoms with Crippen LogP contribution < -0.4 is 4.74 Å². The van der Waals surface area contributed by atoms with Crippen molar-refractivity contribution in [2.45, 2.75) is 38.8 Å². The van der Waals surface area contributed by atoms with Gasteiger partial charge in [0.1, 0.15) is 11.4 Å². The minimum Gasteiger partial charge on any atom is -0.487 e. The van der Waals surface area contributed by atoms with Crippen LogP contribution in [-0.2, 0) is 4.79 Å². The standard InChI is InChI=1S/C17H23NO3/c1-11-9-18(10-13(11)16(19)20)14-8-17(2,3)21-15-7-5-4-6-12(14)15/h4-7,11,13-14H,8-10H2,1-3H3,(H,19,20)/t11-,13-,14?/m1/s1. The van der Waals surface area contributed by atoms with Crippen LogP contribution in [-0.4, -0.2) is 34.7 Å². The number of carbonyl (C=O) groups is 1. The van der Waals surface area contributed by atoms with E-state index in [1.54, 1.807) is 0 Å². The maximum atomic E-state index is 11.4. The average Bonchev–Trinajstić information content (AvgIpc) is 2.79. The van der Waals surface area contributed by atoms with Crippen molar-refractivity contribution in [2.24, 2.45) is 11.8 Å². The van der Waals surface area contributed by atoms with Gasteiger partial charge in [-0.1, -0.05) is 25.1 Å². The smallest absolute Gasteiger partial charge is 0.308 e. The lowest BCUT2D eigenvalue weighted by atomic mass is 9.89. The van der Waals surface area contributed by atoms with Gasteiger partial charge < -0.3 is 9.84 Å². The molecule has 4 nitrogen and oxygen atoms in total. The Kier molecular flexibility index (Phi) is 3.44. The lowest BCUT2D eigenvalue weighted by molar-refractivity contribution is -0.142. The molecule has 1 N–H and O–H groups in total. The van der Waals surface area contributed by atoms with E-state index >= 15 is 0 Å². The van der Waals surface area contributed by atoms with E-state index in [0.29, 0.717) is 6.54 Å². The lowest BCUT2D eigenvalue weighted by Crippen LogP contribution is -2.41. The zero-order chi connectivity index (χ0) is 15.2. The summed E-state index contributed by atoms with van der Waals surface area (Å²) in [6.45, 7) is 7.71. The van der Waals surface area contributed by atoms with Gasteiger partial charge in [-0.25, -0.2) is 0 Å². The Labute approximate surface area is 125 Å². The van der Waals surface area contributed by atoms with Gasteiger partial charge in [0.25, 0.3) is 0 Å². The zero-order valence-electron chi connectivity index (χ0n) is 12.9. The van der Waals surface area contributed by atoms with Crippen molar-refractivity contribution in [3.8, 4) is 5.75 Å². The average molecular weight is 289 g/mol. The predicted octanol–water partition coefficient (Wildman–Crippen LogP) is 2.94. The van der Waals surface area contributed by atoms with Crippen LogP contribution in [0.4, 0.5) is 0 Å². The van der Waals surface area contributed by atoms with Gasteiger partial charge in [-0.2, -0.15) is 0 Å². The second-order valence-electron chi connectivity index (χ2n) is 7.00. The summed E-state index contributed by atoms with van der Waals surface area (Å²) in [7, 11) is 0. The van der Waals surface area contributed by atoms with E-state index in [1.807, 2.05) is 25.1 Å². The van der Waals surface area contributed by atoms with Crippen LogP contribution in [0.5, 0.6) is 5.75 Å². The molecule has 4 heteroatoms. The van der Waals surface area contributed by atoms with Gasteiger partial charge in [-0.3, -0.25) is 9.69 Å². The highest BCUT2D eigenvalue weighted by molar-refractivity contribution is 5.71. The molecule has 114 valence electrons. The molecule has 2 aliphatic heterocycles. The maximum Gasteiger partial charge on any atom is 0.308 e. The van der Waals surface area contributed by atoms with Crippen LogP contribution in [0, 0.1) is 11.8 Å². The van der Waals surface area contributed by atoms with E-state index < -0.39 is 5.97 Å². The van der Waals surface area contributed by atoms with Gasteiger partial charge in [0.05, 0.1) is 5.92 Å². The van der Waals surface area contributed by atoms with Crippen molar-refractivity contribution < 1.29 is 14.6 Å². The molecule has 2 heterocycles. The molecule has 0 aliphatic carbocycles. The maximum absolute atomic E-state index is 11.4. The Morgan fingerprint density at radius 2 is 2.05 bits per heavy atom. The fraction of sp³-hybridized carbons (Fsp3) is 0.588. The quantitative estimate of drug-likeness (QED) is 0.909. The fourth-order valence-electron chi connectivity index (χ4n) is 3.67. The number of hydrogen-bond acceptors (Lipinski definition) is 3. The van der Waals surface area contributed by atoms with Crippen LogP contribution in [0.15, 0.2) is 24.3 Å². The number of para-hydroxylation sites is 1. The van der Waals surface area contributed by atoms with Crippen LogP contribution >= 0.6 is 0 Å². The molecule has 1 unspecified atom stereocenters. The van der Waals surface area contributed by atoms with E-state index in [0.717, 1.165) is 18.7 Å². The Bertz CT molecular complexity index is 555. The monoisotopic (exact) mass is 289 g/mol. The summed E-state index contributed by atoms with van der Waals surface area (Å²) in [6, 6.07) is 8.38. The Balaban J connectivity index is 1.90. The summed E-state index contributed by atoms with van der Waals surface area (Å²) in [4.78, 5) is 13.7. The molecule has 0 saturated carbocycles. The van der Waals surface area contributed by atoms with E-state index in [4.69, 9.17) is 4.74 Å². The highest BCUT2D eigenvalue weighted by Crippen LogP contribution is 2.44. The molecule has 0 amide bonds. The highest BCUT2D eigenvalue weighted by Gasteiger charge is 2.42. The van der Waals surface area contributed by atoms with Gasteiger partial charge in [-0.05, 0) is 25.8 Å². The van der Waals surface area contributed by atoms with Crippen LogP contribution in [0.1, 0.15) is 38.8 Å². The first-order valence-corrected chi connectivity index (χ1v) is 7.62. The van der Waals surface area contributed by atoms with E-state index in [1.165, 1.54) is 5.56 Å². The molecule has 0 spiro atoms. The summed E-state index contributed by atoms with van der Waals surface area (Å²) >= 11 is 0. The molecular formula is C17H23NO3. The Hall–Kier alpha value is -1.55. The molecule has 0 radical (unpaired) electrons. The first-order valence-electron chi connectivity index (χ1n) is 7.62. The molecular weight excluding hydrogens is 266 g/mol. The summed E-state index contributed by atoms with van der Waals surface area (Å²) in [5, 5.41) is 9.35. The zero-order valence-corrected chi connectivity index (χ0v) is 12.9. The number of benzene rings is 1. The third-order valence-corrected chi connectivity index (χ3v) is 4.75. The second-order valence-corrected chi connectivity index (χ2v) is 7.00. The van der Waals surface area contributed by atoms with Gasteiger partial charge in [0, 0.05) is 31.1 Å². The Morgan fingerprint density at radius 1 is 1.33 bits per heavy atom. The minimum absolute atomic E-state index is 0.195. The lowest BCUT2D eigenvalue weighted by Gasteiger charge is -2.41. The topological polar surface area (TPSA) is 49.8 Å². The van der Waals surface area contributed by atoms with Crippen LogP contribution in [0.2, 0.25) is 0 Å². The number of aliphatic carboxylic acids is 1. The van der Waals surface area contributed by atoms with E-state index in [2.05, 4.69) is 24.8 Å². The summed E-state index contributed by atoms with van der Waals surface area (Å²) in [5.41, 5.74) is 0.971. The van der Waals surface area contributed by atoms with Crippen LogP contribution in [0.25, 0.3) is 0 Å². The molecule has 21 heavy (non-hydrogen) atoms. The van der Waals surface area contributed by atoms with Crippen molar-refractivity contribution in [1.29, 1.82) is 0 Å². The fourth-order valence-corrected chi connectivity index (χ4v) is 3.67. The number of carboxylic acids is 1. The van der Waals surface area contributed by atoms with Gasteiger partial charge in [-0.15, -0.1) is 0 Å². The number of ether oxygens (including phenoxy) is 1. The first-order chi connectivity index (χ1) is 9.87. The second kappa shape index (κ2) is 5.02. The van der Waals surface area contributed by atoms with E-state index in [9.17, 15) is 9.90 Å². The Morgan fingerprint density at radius 3 is 2.71 bits per heavy atom. The molecule has 1 fully saturated rings. The molecule has 1 aromatic carbocycles. The number of hydrogen-bond donors (Lipinski definition) is 1. The number of fused-ring (bicyclic) bond motifs is 1. The third kappa shape index (κ3) is 2.64. The summed E-state index contributed by atoms with van der Waals surface area (Å²) < 4.78 is 6.07. The molecule has 0 bridgehead atoms. The van der Waals surface area contributed by atoms with E-state index in [-0.39, 0.29) is 23.5 Å². The van der Waals surface area contributed by atoms with Gasteiger partial charge in [0.15, 0.2) is 0 Å². The summed E-state index contributed by atoms with van der Waals surface area (Å²) in [5.74, 6) is 0.193. The number of nitrogens with zero attached hydrogens (tertiary/aromatic N) is 1. The van der Waals surface area contributed by atoms with Gasteiger partial charge >= 0.3 is 5.97 Å². The molecule has 1 aromatic rings. The SMILES string of the molecule is C[C@@H]1CN(C2CC(C)(C)Oc3ccccc32)C[C@H]1C(=O)O. The highest BCUT2D eigenvalue weighted by atomic mass is 16.5. The third-order valence-electron chi connectivity index (χ3n) is 4.75. The van der Waals surface area contributed by atoms with Crippen molar-refractivity contribution in [3.05, 3.63) is 29.8 Å². The minimum atomic E-state index is -0.676. The van der Waals surface area contributed by atoms with Crippen molar-refractivity contribution in [2.75, 3.05) is 13.1 Å². The van der Waals surface area contributed by atoms with Crippen molar-refractivity contribution >= 4 is 5.97 Å². The first kappa shape index (κ1) is 14.4. The molecule has 2 aliphatic rings. The van der Waals surface area contributed by atoms with Crippen LogP contribution in [0.3, 0.4) is 0 Å². The number of likely N-dealkylation sites (tertiary alicyclic amines) is 1. The molecule has 3 atom stereocenters. The molecule has 0 aromatic heterocycles. The van der Waals surface area contributed by atoms with Crippen molar-refractivity contribution in [3.63, 3.8) is 0 Å². The molecule has 3 rings (SSSR count). The molecule has 1 saturated heterocycles. The largest absolute Gasteiger partial charge is 0.487 e. The van der Waals surface area contributed by atoms with Crippen molar-refractivity contribution in [1.82, 2.24) is 4.90 Å². The predicted molar refractivity (Wildman–Crippen MR) is 80.4 cm³/mol.